The van der Waals surface area contributed by atoms with Crippen LogP contribution < -0.4 is 0 Å². The second-order valence-corrected chi connectivity index (χ2v) is 10.1. The molecule has 144 valence electrons. The van der Waals surface area contributed by atoms with Crippen molar-refractivity contribution >= 4 is 39.0 Å². The van der Waals surface area contributed by atoms with Gasteiger partial charge in [-0.25, -0.2) is 8.42 Å². The van der Waals surface area contributed by atoms with Crippen LogP contribution in [0.2, 0.25) is 5.02 Å². The number of hydrogen-bond donors (Lipinski definition) is 0. The SMILES string of the molecule is CS(=O)(=O)c1c(C(=O)c2cnoc2C2CC2)ccc(Cl)c1Sc1ccccc1. The van der Waals surface area contributed by atoms with Crippen molar-refractivity contribution < 1.29 is 17.7 Å². The maximum atomic E-state index is 13.2. The van der Waals surface area contributed by atoms with Gasteiger partial charge >= 0.3 is 0 Å². The number of sulfone groups is 1. The molecule has 3 aromatic rings. The predicted molar refractivity (Wildman–Crippen MR) is 107 cm³/mol. The van der Waals surface area contributed by atoms with Gasteiger partial charge in [-0.1, -0.05) is 46.7 Å². The van der Waals surface area contributed by atoms with Crippen molar-refractivity contribution in [2.24, 2.45) is 0 Å². The van der Waals surface area contributed by atoms with Crippen LogP contribution in [0.1, 0.15) is 40.4 Å². The molecule has 0 spiro atoms. The Labute approximate surface area is 172 Å². The summed E-state index contributed by atoms with van der Waals surface area (Å²) in [5, 5.41) is 4.03. The number of carbonyl (C=O) groups is 1. The third-order valence-corrected chi connectivity index (χ3v) is 7.29. The van der Waals surface area contributed by atoms with Crippen molar-refractivity contribution in [2.75, 3.05) is 6.26 Å². The fraction of sp³-hybridized carbons (Fsp3) is 0.200. The minimum atomic E-state index is -3.74. The molecule has 0 atom stereocenters. The summed E-state index contributed by atoms with van der Waals surface area (Å²) in [5.41, 5.74) is 0.390. The van der Waals surface area contributed by atoms with Gasteiger partial charge in [0.25, 0.3) is 0 Å². The molecule has 1 aliphatic carbocycles. The molecule has 5 nitrogen and oxygen atoms in total. The van der Waals surface area contributed by atoms with Crippen LogP contribution in [0.5, 0.6) is 0 Å². The lowest BCUT2D eigenvalue weighted by molar-refractivity contribution is 0.103. The molecule has 1 aromatic heterocycles. The van der Waals surface area contributed by atoms with Gasteiger partial charge in [0.05, 0.1) is 26.6 Å². The van der Waals surface area contributed by atoms with E-state index in [1.54, 1.807) is 6.07 Å². The maximum absolute atomic E-state index is 13.2. The van der Waals surface area contributed by atoms with Crippen LogP contribution in [-0.4, -0.2) is 25.6 Å². The molecule has 0 amide bonds. The summed E-state index contributed by atoms with van der Waals surface area (Å²) in [4.78, 5) is 14.3. The number of aromatic nitrogens is 1. The number of ketones is 1. The Balaban J connectivity index is 1.87. The Hall–Kier alpha value is -2.09. The highest BCUT2D eigenvalue weighted by molar-refractivity contribution is 8.00. The van der Waals surface area contributed by atoms with Crippen molar-refractivity contribution in [3.8, 4) is 0 Å². The Morgan fingerprint density at radius 1 is 1.14 bits per heavy atom. The topological polar surface area (TPSA) is 77.2 Å². The number of benzene rings is 2. The lowest BCUT2D eigenvalue weighted by Gasteiger charge is -2.14. The Bertz CT molecular complexity index is 1150. The quantitative estimate of drug-likeness (QED) is 0.509. The zero-order chi connectivity index (χ0) is 19.9. The van der Waals surface area contributed by atoms with Gasteiger partial charge < -0.3 is 4.52 Å². The Kier molecular flexibility index (Phi) is 5.07. The molecular weight excluding hydrogens is 418 g/mol. The molecular formula is C20H16ClNO4S2. The fourth-order valence-corrected chi connectivity index (χ4v) is 5.80. The van der Waals surface area contributed by atoms with Crippen LogP contribution in [0.3, 0.4) is 0 Å². The van der Waals surface area contributed by atoms with Gasteiger partial charge in [-0.15, -0.1) is 0 Å². The van der Waals surface area contributed by atoms with E-state index >= 15 is 0 Å². The third-order valence-electron chi connectivity index (χ3n) is 4.43. The first-order chi connectivity index (χ1) is 13.4. The smallest absolute Gasteiger partial charge is 0.199 e. The minimum absolute atomic E-state index is 0.0678. The van der Waals surface area contributed by atoms with Crippen molar-refractivity contribution in [1.82, 2.24) is 5.16 Å². The molecule has 1 fully saturated rings. The standard InChI is InChI=1S/C20H16ClNO4S2/c1-28(24,25)20-14(17(23)15-11-22-26-18(15)12-7-8-12)9-10-16(21)19(20)27-13-5-3-2-4-6-13/h2-6,9-12H,7-8H2,1H3. The van der Waals surface area contributed by atoms with Crippen molar-refractivity contribution in [3.63, 3.8) is 0 Å². The first kappa shape index (κ1) is 19.2. The van der Waals surface area contributed by atoms with E-state index in [-0.39, 0.29) is 21.4 Å². The number of carbonyl (C=O) groups excluding carboxylic acids is 1. The van der Waals surface area contributed by atoms with Gasteiger partial charge in [0.2, 0.25) is 0 Å². The van der Waals surface area contributed by atoms with Gasteiger partial charge in [-0.3, -0.25) is 4.79 Å². The minimum Gasteiger partial charge on any atom is -0.360 e. The summed E-state index contributed by atoms with van der Waals surface area (Å²) < 4.78 is 30.6. The molecule has 0 saturated heterocycles. The molecule has 0 bridgehead atoms. The average molecular weight is 434 g/mol. The summed E-state index contributed by atoms with van der Waals surface area (Å²) in [5.74, 6) is 0.278. The predicted octanol–water partition coefficient (Wildman–Crippen LogP) is 4.99. The largest absolute Gasteiger partial charge is 0.360 e. The number of rotatable bonds is 6. The van der Waals surface area contributed by atoms with Crippen LogP contribution in [0.4, 0.5) is 0 Å². The zero-order valence-electron chi connectivity index (χ0n) is 14.9. The molecule has 28 heavy (non-hydrogen) atoms. The lowest BCUT2D eigenvalue weighted by atomic mass is 10.0. The molecule has 1 heterocycles. The maximum Gasteiger partial charge on any atom is 0.199 e. The van der Waals surface area contributed by atoms with Gasteiger partial charge in [0, 0.05) is 22.6 Å². The number of nitrogens with zero attached hydrogens (tertiary/aromatic N) is 1. The molecule has 8 heteroatoms. The van der Waals surface area contributed by atoms with Gasteiger partial charge in [0.15, 0.2) is 21.4 Å². The van der Waals surface area contributed by atoms with Crippen LogP contribution in [0, 0.1) is 0 Å². The zero-order valence-corrected chi connectivity index (χ0v) is 17.3. The van der Waals surface area contributed by atoms with E-state index in [0.29, 0.717) is 16.2 Å². The van der Waals surface area contributed by atoms with Gasteiger partial charge in [-0.05, 0) is 37.1 Å². The number of hydrogen-bond acceptors (Lipinski definition) is 6. The van der Waals surface area contributed by atoms with Crippen LogP contribution >= 0.6 is 23.4 Å². The molecule has 4 rings (SSSR count). The lowest BCUT2D eigenvalue weighted by Crippen LogP contribution is -2.12. The van der Waals surface area contributed by atoms with E-state index < -0.39 is 15.6 Å². The first-order valence-electron chi connectivity index (χ1n) is 8.61. The Morgan fingerprint density at radius 2 is 1.86 bits per heavy atom. The van der Waals surface area contributed by atoms with E-state index in [4.69, 9.17) is 16.1 Å². The van der Waals surface area contributed by atoms with Crippen molar-refractivity contribution in [3.05, 3.63) is 70.6 Å². The van der Waals surface area contributed by atoms with Gasteiger partial charge in [0.1, 0.15) is 0 Å². The molecule has 0 aliphatic heterocycles. The molecule has 0 radical (unpaired) electrons. The van der Waals surface area contributed by atoms with E-state index in [1.165, 1.54) is 24.0 Å². The van der Waals surface area contributed by atoms with Crippen molar-refractivity contribution in [1.29, 1.82) is 0 Å². The third kappa shape index (κ3) is 3.74. The monoisotopic (exact) mass is 433 g/mol. The van der Waals surface area contributed by atoms with Crippen molar-refractivity contribution in [2.45, 2.75) is 33.4 Å². The summed E-state index contributed by atoms with van der Waals surface area (Å²) in [6.07, 6.45) is 4.31. The highest BCUT2D eigenvalue weighted by Gasteiger charge is 2.34. The van der Waals surface area contributed by atoms with E-state index in [9.17, 15) is 13.2 Å². The molecule has 0 N–H and O–H groups in total. The highest BCUT2D eigenvalue weighted by atomic mass is 35.5. The normalized spacial score (nSPS) is 14.2. The second kappa shape index (κ2) is 7.39. The van der Waals surface area contributed by atoms with Gasteiger partial charge in [-0.2, -0.15) is 0 Å². The van der Waals surface area contributed by atoms with E-state index in [1.807, 2.05) is 30.3 Å². The fourth-order valence-electron chi connectivity index (χ4n) is 2.99. The number of halogens is 1. The summed E-state index contributed by atoms with van der Waals surface area (Å²) >= 11 is 7.57. The highest BCUT2D eigenvalue weighted by Crippen LogP contribution is 2.44. The molecule has 0 unspecified atom stereocenters. The van der Waals surface area contributed by atoms with E-state index in [0.717, 1.165) is 24.0 Å². The molecule has 2 aromatic carbocycles. The van der Waals surface area contributed by atoms with Crippen LogP contribution in [0.25, 0.3) is 0 Å². The molecule has 1 saturated carbocycles. The van der Waals surface area contributed by atoms with Crippen LogP contribution in [0.15, 0.2) is 67.9 Å². The summed E-state index contributed by atoms with van der Waals surface area (Å²) in [6.45, 7) is 0. The summed E-state index contributed by atoms with van der Waals surface area (Å²) in [6, 6.07) is 12.3. The Morgan fingerprint density at radius 3 is 2.50 bits per heavy atom. The van der Waals surface area contributed by atoms with E-state index in [2.05, 4.69) is 5.16 Å². The molecule has 1 aliphatic rings. The second-order valence-electron chi connectivity index (χ2n) is 6.65. The summed E-state index contributed by atoms with van der Waals surface area (Å²) in [7, 11) is -3.74. The average Bonchev–Trinajstić information content (AvgIpc) is 3.39. The first-order valence-corrected chi connectivity index (χ1v) is 11.7. The van der Waals surface area contributed by atoms with Crippen LogP contribution in [-0.2, 0) is 9.84 Å².